The number of methoxy groups -OCH3 is 1. The van der Waals surface area contributed by atoms with Crippen LogP contribution in [0.1, 0.15) is 40.5 Å². The van der Waals surface area contributed by atoms with Gasteiger partial charge in [-0.05, 0) is 23.3 Å². The number of carbonyl (C=O) groups is 4. The van der Waals surface area contributed by atoms with Gasteiger partial charge in [0.25, 0.3) is 5.91 Å². The molecule has 0 radical (unpaired) electrons. The second-order valence-electron chi connectivity index (χ2n) is 8.39. The van der Waals surface area contributed by atoms with Crippen molar-refractivity contribution in [3.05, 3.63) is 76.8 Å². The zero-order valence-corrected chi connectivity index (χ0v) is 21.4. The molecule has 0 saturated carbocycles. The predicted molar refractivity (Wildman–Crippen MR) is 138 cm³/mol. The summed E-state index contributed by atoms with van der Waals surface area (Å²) in [5.74, 6) is -1.94. The largest absolute Gasteiger partial charge is 0.491 e. The molecule has 1 aromatic heterocycles. The molecule has 4 rings (SSSR count). The van der Waals surface area contributed by atoms with E-state index in [1.807, 2.05) is 18.2 Å². The first kappa shape index (κ1) is 26.8. The molecule has 3 aromatic rings. The Morgan fingerprint density at radius 2 is 1.87 bits per heavy atom. The fraction of sp³-hybridized carbons (Fsp3) is 0.269. The van der Waals surface area contributed by atoms with Gasteiger partial charge < -0.3 is 25.2 Å². The number of aliphatic hydroxyl groups is 1. The molecule has 11 nitrogen and oxygen atoms in total. The first-order valence-corrected chi connectivity index (χ1v) is 12.6. The summed E-state index contributed by atoms with van der Waals surface area (Å²) in [6.07, 6.45) is 0. The second kappa shape index (κ2) is 11.8. The van der Waals surface area contributed by atoms with E-state index in [0.717, 1.165) is 21.8 Å². The first-order valence-electron chi connectivity index (χ1n) is 11.7. The number of nitrogens with zero attached hydrogens (tertiary/aromatic N) is 2. The SMILES string of the molecule is COC(=O)c1csc(NC(=O)C(C(C)c2ccccc2)N2C(=O)N[C@H](c3ccc(OCCO)cc3)C2=O)n1. The summed E-state index contributed by atoms with van der Waals surface area (Å²) in [5.41, 5.74) is 1.29. The number of amides is 4. The molecule has 38 heavy (non-hydrogen) atoms. The average Bonchev–Trinajstić information content (AvgIpc) is 3.52. The Bertz CT molecular complexity index is 1310. The Kier molecular flexibility index (Phi) is 8.34. The molecule has 2 unspecified atom stereocenters. The number of ether oxygens (including phenoxy) is 2. The molecule has 2 heterocycles. The van der Waals surface area contributed by atoms with Crippen molar-refractivity contribution in [2.24, 2.45) is 0 Å². The highest BCUT2D eigenvalue weighted by molar-refractivity contribution is 7.14. The molecular formula is C26H26N4O7S. The van der Waals surface area contributed by atoms with Crippen molar-refractivity contribution < 1.29 is 33.8 Å². The standard InChI is InChI=1S/C26H26N4O7S/c1-15(16-6-4-3-5-7-16)21(22(32)29-25-27-19(14-38-25)24(34)36-2)30-23(33)20(28-26(30)35)17-8-10-18(11-9-17)37-13-12-31/h3-11,14-15,20-21,31H,12-13H2,1-2H3,(H,28,35)(H,27,29,32)/t15?,20-,21?/m1/s1. The minimum Gasteiger partial charge on any atom is -0.491 e. The van der Waals surface area contributed by atoms with Crippen LogP contribution in [-0.2, 0) is 14.3 Å². The summed E-state index contributed by atoms with van der Waals surface area (Å²) in [6, 6.07) is 12.7. The lowest BCUT2D eigenvalue weighted by molar-refractivity contribution is -0.134. The maximum Gasteiger partial charge on any atom is 0.357 e. The molecule has 2 aromatic carbocycles. The van der Waals surface area contributed by atoms with Crippen LogP contribution >= 0.6 is 11.3 Å². The first-order chi connectivity index (χ1) is 18.3. The highest BCUT2D eigenvalue weighted by Gasteiger charge is 2.47. The van der Waals surface area contributed by atoms with Crippen LogP contribution < -0.4 is 15.4 Å². The number of rotatable bonds is 10. The summed E-state index contributed by atoms with van der Waals surface area (Å²) in [6.45, 7) is 1.74. The van der Waals surface area contributed by atoms with E-state index in [0.29, 0.717) is 11.3 Å². The minimum absolute atomic E-state index is 0.0296. The molecule has 3 atom stereocenters. The lowest BCUT2D eigenvalue weighted by atomic mass is 9.91. The normalized spacial score (nSPS) is 16.5. The monoisotopic (exact) mass is 538 g/mol. The number of hydrogen-bond donors (Lipinski definition) is 3. The van der Waals surface area contributed by atoms with Crippen LogP contribution in [0, 0.1) is 0 Å². The maximum absolute atomic E-state index is 13.6. The van der Waals surface area contributed by atoms with Gasteiger partial charge in [0, 0.05) is 11.3 Å². The van der Waals surface area contributed by atoms with E-state index in [-0.39, 0.29) is 24.0 Å². The summed E-state index contributed by atoms with van der Waals surface area (Å²) < 4.78 is 10.0. The minimum atomic E-state index is -1.22. The molecule has 1 aliphatic rings. The van der Waals surface area contributed by atoms with Crippen molar-refractivity contribution in [1.82, 2.24) is 15.2 Å². The van der Waals surface area contributed by atoms with Gasteiger partial charge in [-0.15, -0.1) is 11.3 Å². The van der Waals surface area contributed by atoms with Crippen molar-refractivity contribution in [3.63, 3.8) is 0 Å². The van der Waals surface area contributed by atoms with Crippen LogP contribution in [0.15, 0.2) is 60.0 Å². The number of anilines is 1. The van der Waals surface area contributed by atoms with Crippen LogP contribution in [0.25, 0.3) is 0 Å². The van der Waals surface area contributed by atoms with E-state index in [9.17, 15) is 19.2 Å². The smallest absolute Gasteiger partial charge is 0.357 e. The van der Waals surface area contributed by atoms with Gasteiger partial charge in [0.1, 0.15) is 24.4 Å². The zero-order chi connectivity index (χ0) is 27.2. The van der Waals surface area contributed by atoms with E-state index in [1.165, 1.54) is 12.5 Å². The third kappa shape index (κ3) is 5.66. The van der Waals surface area contributed by atoms with Crippen molar-refractivity contribution in [1.29, 1.82) is 0 Å². The molecular weight excluding hydrogens is 512 g/mol. The highest BCUT2D eigenvalue weighted by Crippen LogP contribution is 2.32. The van der Waals surface area contributed by atoms with Crippen molar-refractivity contribution in [3.8, 4) is 5.75 Å². The molecule has 198 valence electrons. The van der Waals surface area contributed by atoms with Crippen LogP contribution in [0.2, 0.25) is 0 Å². The fourth-order valence-corrected chi connectivity index (χ4v) is 4.80. The van der Waals surface area contributed by atoms with E-state index in [2.05, 4.69) is 20.4 Å². The molecule has 1 saturated heterocycles. The molecule has 0 spiro atoms. The Balaban J connectivity index is 1.62. The number of thiazole rings is 1. The van der Waals surface area contributed by atoms with E-state index < -0.39 is 41.8 Å². The topological polar surface area (TPSA) is 147 Å². The van der Waals surface area contributed by atoms with Gasteiger partial charge in [0.15, 0.2) is 10.8 Å². The number of urea groups is 1. The van der Waals surface area contributed by atoms with Gasteiger partial charge in [-0.3, -0.25) is 9.59 Å². The van der Waals surface area contributed by atoms with Crippen molar-refractivity contribution in [2.75, 3.05) is 25.6 Å². The van der Waals surface area contributed by atoms with Crippen molar-refractivity contribution in [2.45, 2.75) is 24.9 Å². The van der Waals surface area contributed by atoms with Crippen LogP contribution in [0.3, 0.4) is 0 Å². The van der Waals surface area contributed by atoms with Crippen LogP contribution in [0.5, 0.6) is 5.75 Å². The third-order valence-electron chi connectivity index (χ3n) is 6.02. The maximum atomic E-state index is 13.6. The number of carbonyl (C=O) groups excluding carboxylic acids is 4. The van der Waals surface area contributed by atoms with Gasteiger partial charge in [-0.25, -0.2) is 19.5 Å². The number of imide groups is 1. The Labute approximate surface area is 222 Å². The summed E-state index contributed by atoms with van der Waals surface area (Å²) >= 11 is 1.02. The Morgan fingerprint density at radius 1 is 1.16 bits per heavy atom. The molecule has 1 aliphatic heterocycles. The summed E-state index contributed by atoms with van der Waals surface area (Å²) in [7, 11) is 1.22. The lowest BCUT2D eigenvalue weighted by Gasteiger charge is -2.29. The van der Waals surface area contributed by atoms with Gasteiger partial charge in [-0.1, -0.05) is 49.4 Å². The highest BCUT2D eigenvalue weighted by atomic mass is 32.1. The zero-order valence-electron chi connectivity index (χ0n) is 20.6. The number of aliphatic hydroxyl groups excluding tert-OH is 1. The summed E-state index contributed by atoms with van der Waals surface area (Å²) in [4.78, 5) is 57.0. The van der Waals surface area contributed by atoms with Gasteiger partial charge in [0.05, 0.1) is 13.7 Å². The average molecular weight is 539 g/mol. The van der Waals surface area contributed by atoms with Gasteiger partial charge >= 0.3 is 12.0 Å². The molecule has 0 bridgehead atoms. The number of nitrogens with one attached hydrogen (secondary N) is 2. The number of hydrogen-bond acceptors (Lipinski definition) is 9. The number of aromatic nitrogens is 1. The predicted octanol–water partition coefficient (Wildman–Crippen LogP) is 2.70. The van der Waals surface area contributed by atoms with Gasteiger partial charge in [0.2, 0.25) is 5.91 Å². The summed E-state index contributed by atoms with van der Waals surface area (Å²) in [5, 5.41) is 15.8. The molecule has 12 heteroatoms. The van der Waals surface area contributed by atoms with E-state index >= 15 is 0 Å². The third-order valence-corrected chi connectivity index (χ3v) is 6.78. The Hall–Kier alpha value is -4.29. The molecule has 3 N–H and O–H groups in total. The Morgan fingerprint density at radius 3 is 2.53 bits per heavy atom. The van der Waals surface area contributed by atoms with Crippen molar-refractivity contribution >= 4 is 40.3 Å². The lowest BCUT2D eigenvalue weighted by Crippen LogP contribution is -2.50. The van der Waals surface area contributed by atoms with E-state index in [1.54, 1.807) is 43.3 Å². The van der Waals surface area contributed by atoms with Crippen LogP contribution in [-0.4, -0.2) is 65.2 Å². The van der Waals surface area contributed by atoms with Crippen LogP contribution in [0.4, 0.5) is 9.93 Å². The molecule has 1 fully saturated rings. The quantitative estimate of drug-likeness (QED) is 0.264. The number of benzene rings is 2. The van der Waals surface area contributed by atoms with E-state index in [4.69, 9.17) is 9.84 Å². The molecule has 0 aliphatic carbocycles. The second-order valence-corrected chi connectivity index (χ2v) is 9.25. The fourth-order valence-electron chi connectivity index (χ4n) is 4.12. The van der Waals surface area contributed by atoms with Gasteiger partial charge in [-0.2, -0.15) is 0 Å². The molecule has 4 amide bonds. The number of esters is 1.